The Bertz CT molecular complexity index is 927. The number of hydrogen-bond acceptors (Lipinski definition) is 3. The number of aromatic nitrogens is 3. The lowest BCUT2D eigenvalue weighted by Gasteiger charge is -2.10. The number of aryl methyl sites for hydroxylation is 1. The van der Waals surface area contributed by atoms with Gasteiger partial charge in [-0.25, -0.2) is 8.78 Å². The molecule has 6 heteroatoms. The second kappa shape index (κ2) is 7.01. The molecule has 2 aromatic heterocycles. The fourth-order valence-electron chi connectivity index (χ4n) is 2.85. The zero-order valence-corrected chi connectivity index (χ0v) is 14.4. The van der Waals surface area contributed by atoms with Crippen molar-refractivity contribution < 1.29 is 13.5 Å². The van der Waals surface area contributed by atoms with Gasteiger partial charge in [-0.15, -0.1) is 5.10 Å². The summed E-state index contributed by atoms with van der Waals surface area (Å²) in [6, 6.07) is 3.32. The van der Waals surface area contributed by atoms with Gasteiger partial charge in [0, 0.05) is 23.7 Å². The van der Waals surface area contributed by atoms with Gasteiger partial charge in [0.1, 0.15) is 23.8 Å². The highest BCUT2D eigenvalue weighted by atomic mass is 19.1. The van der Waals surface area contributed by atoms with Crippen molar-refractivity contribution in [3.8, 4) is 5.88 Å². The van der Waals surface area contributed by atoms with E-state index in [0.717, 1.165) is 28.2 Å². The lowest BCUT2D eigenvalue weighted by atomic mass is 10.2. The van der Waals surface area contributed by atoms with Crippen molar-refractivity contribution in [1.82, 2.24) is 14.8 Å². The smallest absolute Gasteiger partial charge is 0.258 e. The normalized spacial score (nSPS) is 11.6. The molecule has 1 aromatic carbocycles. The largest absolute Gasteiger partial charge is 0.470 e. The van der Waals surface area contributed by atoms with Crippen molar-refractivity contribution in [3.63, 3.8) is 0 Å². The van der Waals surface area contributed by atoms with Gasteiger partial charge in [-0.2, -0.15) is 5.10 Å². The summed E-state index contributed by atoms with van der Waals surface area (Å²) in [5.74, 6) is -0.917. The van der Waals surface area contributed by atoms with Crippen LogP contribution >= 0.6 is 0 Å². The Labute approximate surface area is 144 Å². The van der Waals surface area contributed by atoms with Crippen molar-refractivity contribution in [1.29, 1.82) is 0 Å². The van der Waals surface area contributed by atoms with Gasteiger partial charge < -0.3 is 9.30 Å². The second-order valence-corrected chi connectivity index (χ2v) is 5.87. The molecule has 2 heterocycles. The third-order valence-electron chi connectivity index (χ3n) is 4.24. The molecule has 130 valence electrons. The third kappa shape index (κ3) is 3.38. The predicted molar refractivity (Wildman–Crippen MR) is 92.5 cm³/mol. The van der Waals surface area contributed by atoms with Crippen LogP contribution in [-0.4, -0.2) is 14.8 Å². The number of nitrogens with zero attached hydrogens (tertiary/aromatic N) is 3. The maximum absolute atomic E-state index is 13.3. The molecule has 0 radical (unpaired) electrons. The Kier molecular flexibility index (Phi) is 4.79. The number of halogens is 2. The van der Waals surface area contributed by atoms with Crippen molar-refractivity contribution in [2.75, 3.05) is 0 Å². The second-order valence-electron chi connectivity index (χ2n) is 5.87. The van der Waals surface area contributed by atoms with E-state index in [1.165, 1.54) is 12.1 Å². The number of ether oxygens (including phenoxy) is 1. The fourth-order valence-corrected chi connectivity index (χ4v) is 2.85. The SMILES string of the molecule is CC=CCn1c(C)c(C)c2cnnc(OCc3cc(F)cc(F)c3)c21. The lowest BCUT2D eigenvalue weighted by Crippen LogP contribution is -2.04. The van der Waals surface area contributed by atoms with E-state index in [1.807, 2.05) is 32.9 Å². The van der Waals surface area contributed by atoms with Crippen LogP contribution in [-0.2, 0) is 13.2 Å². The summed E-state index contributed by atoms with van der Waals surface area (Å²) in [6.45, 7) is 6.71. The van der Waals surface area contributed by atoms with Crippen LogP contribution in [0.25, 0.3) is 10.9 Å². The Morgan fingerprint density at radius 2 is 1.88 bits per heavy atom. The van der Waals surface area contributed by atoms with Crippen LogP contribution in [0.1, 0.15) is 23.7 Å². The molecule has 3 rings (SSSR count). The summed E-state index contributed by atoms with van der Waals surface area (Å²) in [5, 5.41) is 9.04. The van der Waals surface area contributed by atoms with Gasteiger partial charge in [-0.1, -0.05) is 12.2 Å². The first-order valence-electron chi connectivity index (χ1n) is 8.01. The Morgan fingerprint density at radius 3 is 2.56 bits per heavy atom. The van der Waals surface area contributed by atoms with Gasteiger partial charge >= 0.3 is 0 Å². The van der Waals surface area contributed by atoms with Crippen LogP contribution in [0.2, 0.25) is 0 Å². The molecular weight excluding hydrogens is 324 g/mol. The summed E-state index contributed by atoms with van der Waals surface area (Å²) in [4.78, 5) is 0. The van der Waals surface area contributed by atoms with Gasteiger partial charge in [0.15, 0.2) is 0 Å². The average molecular weight is 343 g/mol. The van der Waals surface area contributed by atoms with Crippen LogP contribution in [0.4, 0.5) is 8.78 Å². The van der Waals surface area contributed by atoms with E-state index < -0.39 is 11.6 Å². The van der Waals surface area contributed by atoms with Gasteiger partial charge in [0.05, 0.1) is 6.20 Å². The Balaban J connectivity index is 1.99. The summed E-state index contributed by atoms with van der Waals surface area (Å²) in [7, 11) is 0. The molecule has 0 N–H and O–H groups in total. The van der Waals surface area contributed by atoms with E-state index in [2.05, 4.69) is 14.8 Å². The van der Waals surface area contributed by atoms with Crippen molar-refractivity contribution >= 4 is 10.9 Å². The van der Waals surface area contributed by atoms with Crippen molar-refractivity contribution in [2.24, 2.45) is 0 Å². The average Bonchev–Trinajstić information content (AvgIpc) is 2.82. The molecule has 0 aliphatic carbocycles. The molecule has 0 aliphatic heterocycles. The molecular formula is C19H19F2N3O. The first-order chi connectivity index (χ1) is 12.0. The molecule has 25 heavy (non-hydrogen) atoms. The van der Waals surface area contributed by atoms with Gasteiger partial charge in [-0.3, -0.25) is 0 Å². The number of fused-ring (bicyclic) bond motifs is 1. The molecule has 0 spiro atoms. The van der Waals surface area contributed by atoms with Crippen molar-refractivity contribution in [2.45, 2.75) is 33.9 Å². The molecule has 4 nitrogen and oxygen atoms in total. The van der Waals surface area contributed by atoms with E-state index in [9.17, 15) is 8.78 Å². The first-order valence-corrected chi connectivity index (χ1v) is 8.01. The standard InChI is InChI=1S/C19H19F2N3O/c1-4-5-6-24-13(3)12(2)17-10-22-23-19(18(17)24)25-11-14-7-15(20)9-16(21)8-14/h4-5,7-10H,6,11H2,1-3H3. The highest BCUT2D eigenvalue weighted by Crippen LogP contribution is 2.30. The van der Waals surface area contributed by atoms with Gasteiger partial charge in [0.2, 0.25) is 0 Å². The van der Waals surface area contributed by atoms with E-state index in [-0.39, 0.29) is 6.61 Å². The van der Waals surface area contributed by atoms with E-state index in [0.29, 0.717) is 18.0 Å². The Hall–Kier alpha value is -2.76. The van der Waals surface area contributed by atoms with Crippen LogP contribution < -0.4 is 4.74 Å². The molecule has 0 unspecified atom stereocenters. The maximum atomic E-state index is 13.3. The minimum Gasteiger partial charge on any atom is -0.470 e. The monoisotopic (exact) mass is 343 g/mol. The molecule has 0 saturated heterocycles. The van der Waals surface area contributed by atoms with E-state index in [1.54, 1.807) is 6.20 Å². The molecule has 0 fully saturated rings. The molecule has 0 atom stereocenters. The highest BCUT2D eigenvalue weighted by Gasteiger charge is 2.16. The lowest BCUT2D eigenvalue weighted by molar-refractivity contribution is 0.292. The minimum absolute atomic E-state index is 0.00929. The molecule has 0 amide bonds. The molecule has 0 bridgehead atoms. The van der Waals surface area contributed by atoms with E-state index >= 15 is 0 Å². The van der Waals surface area contributed by atoms with Crippen LogP contribution in [0.5, 0.6) is 5.88 Å². The zero-order valence-electron chi connectivity index (χ0n) is 14.4. The summed E-state index contributed by atoms with van der Waals surface area (Å²) < 4.78 is 34.5. The molecule has 0 saturated carbocycles. The predicted octanol–water partition coefficient (Wildman–Crippen LogP) is 4.48. The number of hydrogen-bond donors (Lipinski definition) is 0. The third-order valence-corrected chi connectivity index (χ3v) is 4.24. The van der Waals surface area contributed by atoms with E-state index in [4.69, 9.17) is 4.74 Å². The summed E-state index contributed by atoms with van der Waals surface area (Å²) >= 11 is 0. The quantitative estimate of drug-likeness (QED) is 0.641. The highest BCUT2D eigenvalue weighted by molar-refractivity contribution is 5.88. The Morgan fingerprint density at radius 1 is 1.16 bits per heavy atom. The number of benzene rings is 1. The van der Waals surface area contributed by atoms with Crippen LogP contribution in [0, 0.1) is 25.5 Å². The van der Waals surface area contributed by atoms with Crippen molar-refractivity contribution in [3.05, 3.63) is 65.0 Å². The molecule has 3 aromatic rings. The maximum Gasteiger partial charge on any atom is 0.258 e. The topological polar surface area (TPSA) is 39.9 Å². The van der Waals surface area contributed by atoms with Gasteiger partial charge in [0.25, 0.3) is 5.88 Å². The zero-order chi connectivity index (χ0) is 18.0. The number of rotatable bonds is 5. The van der Waals surface area contributed by atoms with Crippen LogP contribution in [0.3, 0.4) is 0 Å². The first kappa shape index (κ1) is 17.1. The summed E-state index contributed by atoms with van der Waals surface area (Å²) in [6.07, 6.45) is 5.72. The number of allylic oxidation sites excluding steroid dienone is 2. The minimum atomic E-state index is -0.633. The van der Waals surface area contributed by atoms with Crippen LogP contribution in [0.15, 0.2) is 36.5 Å². The summed E-state index contributed by atoms with van der Waals surface area (Å²) in [5.41, 5.74) is 3.44. The van der Waals surface area contributed by atoms with Gasteiger partial charge in [-0.05, 0) is 44.0 Å². The molecule has 0 aliphatic rings. The fraction of sp³-hybridized carbons (Fsp3) is 0.263.